The van der Waals surface area contributed by atoms with Crippen LogP contribution in [-0.2, 0) is 10.8 Å². The molecular formula is C14H22FNOS. The molecule has 0 amide bonds. The molecule has 18 heavy (non-hydrogen) atoms. The Labute approximate surface area is 111 Å². The molecule has 0 aliphatic rings. The molecule has 0 aromatic heterocycles. The minimum atomic E-state index is -1.10. The smallest absolute Gasteiger partial charge is 0.125 e. The Morgan fingerprint density at radius 1 is 1.17 bits per heavy atom. The predicted molar refractivity (Wildman–Crippen MR) is 75.5 cm³/mol. The van der Waals surface area contributed by atoms with E-state index in [1.807, 2.05) is 0 Å². The molecule has 2 nitrogen and oxygen atoms in total. The molecule has 0 heterocycles. The van der Waals surface area contributed by atoms with Crippen LogP contribution < -0.4 is 5.73 Å². The number of unbranched alkanes of at least 4 members (excludes halogenated alkanes) is 5. The van der Waals surface area contributed by atoms with Crippen LogP contribution in [0.4, 0.5) is 10.1 Å². The molecule has 1 aromatic rings. The molecule has 0 spiro atoms. The van der Waals surface area contributed by atoms with Gasteiger partial charge in [-0.3, -0.25) is 4.21 Å². The maximum atomic E-state index is 12.9. The van der Waals surface area contributed by atoms with E-state index < -0.39 is 10.8 Å². The highest BCUT2D eigenvalue weighted by molar-refractivity contribution is 7.85. The number of nitrogen functional groups attached to an aromatic ring is 1. The van der Waals surface area contributed by atoms with Crippen LogP contribution in [0.2, 0.25) is 0 Å². The third-order valence-corrected chi connectivity index (χ3v) is 4.42. The molecule has 1 rings (SSSR count). The molecule has 0 aliphatic heterocycles. The number of benzene rings is 1. The van der Waals surface area contributed by atoms with Crippen molar-refractivity contribution in [1.82, 2.24) is 0 Å². The maximum Gasteiger partial charge on any atom is 0.125 e. The number of nitrogens with two attached hydrogens (primary N) is 1. The van der Waals surface area contributed by atoms with Gasteiger partial charge in [-0.05, 0) is 24.6 Å². The van der Waals surface area contributed by atoms with Crippen LogP contribution in [0.1, 0.15) is 45.4 Å². The molecule has 4 heteroatoms. The molecule has 102 valence electrons. The molecule has 1 aromatic carbocycles. The van der Waals surface area contributed by atoms with Crippen LogP contribution in [0.25, 0.3) is 0 Å². The summed E-state index contributed by atoms with van der Waals surface area (Å²) in [5.41, 5.74) is 5.95. The third kappa shape index (κ3) is 5.17. The van der Waals surface area contributed by atoms with Crippen LogP contribution in [0.15, 0.2) is 23.1 Å². The number of rotatable bonds is 8. The SMILES string of the molecule is CCCCCCCCS(=O)c1ccc(F)cc1N. The van der Waals surface area contributed by atoms with Gasteiger partial charge in [0.1, 0.15) is 5.82 Å². The Hall–Kier alpha value is -0.900. The van der Waals surface area contributed by atoms with Crippen molar-refractivity contribution < 1.29 is 8.60 Å². The molecule has 0 aliphatic carbocycles. The van der Waals surface area contributed by atoms with Gasteiger partial charge in [0.25, 0.3) is 0 Å². The van der Waals surface area contributed by atoms with Gasteiger partial charge < -0.3 is 5.73 Å². The van der Waals surface area contributed by atoms with Gasteiger partial charge in [-0.2, -0.15) is 0 Å². The first-order chi connectivity index (χ1) is 8.65. The average molecular weight is 271 g/mol. The normalized spacial score (nSPS) is 12.6. The first-order valence-electron chi connectivity index (χ1n) is 6.58. The Bertz CT molecular complexity index is 395. The number of hydrogen-bond donors (Lipinski definition) is 1. The van der Waals surface area contributed by atoms with Gasteiger partial charge in [0.2, 0.25) is 0 Å². The second kappa shape index (κ2) is 8.25. The Morgan fingerprint density at radius 3 is 2.50 bits per heavy atom. The number of anilines is 1. The first kappa shape index (κ1) is 15.2. The number of halogens is 1. The zero-order chi connectivity index (χ0) is 13.4. The lowest BCUT2D eigenvalue weighted by atomic mass is 10.1. The van der Waals surface area contributed by atoms with Crippen molar-refractivity contribution in [1.29, 1.82) is 0 Å². The third-order valence-electron chi connectivity index (χ3n) is 2.90. The van der Waals surface area contributed by atoms with E-state index in [0.29, 0.717) is 16.3 Å². The summed E-state index contributed by atoms with van der Waals surface area (Å²) >= 11 is 0. The summed E-state index contributed by atoms with van der Waals surface area (Å²) in [6.45, 7) is 2.19. The van der Waals surface area contributed by atoms with Gasteiger partial charge in [0.15, 0.2) is 0 Å². The second-order valence-electron chi connectivity index (χ2n) is 4.50. The quantitative estimate of drug-likeness (QED) is 0.576. The monoisotopic (exact) mass is 271 g/mol. The van der Waals surface area contributed by atoms with E-state index in [0.717, 1.165) is 12.8 Å². The van der Waals surface area contributed by atoms with Crippen molar-refractivity contribution in [3.05, 3.63) is 24.0 Å². The van der Waals surface area contributed by atoms with Gasteiger partial charge in [-0.1, -0.05) is 39.0 Å². The Morgan fingerprint density at radius 2 is 1.83 bits per heavy atom. The van der Waals surface area contributed by atoms with Crippen LogP contribution in [0.5, 0.6) is 0 Å². The minimum absolute atomic E-state index is 0.291. The summed E-state index contributed by atoms with van der Waals surface area (Å²) in [7, 11) is -1.10. The van der Waals surface area contributed by atoms with Crippen molar-refractivity contribution in [2.45, 2.75) is 50.3 Å². The highest BCUT2D eigenvalue weighted by Crippen LogP contribution is 2.18. The van der Waals surface area contributed by atoms with Crippen LogP contribution in [0, 0.1) is 5.82 Å². The molecule has 0 bridgehead atoms. The van der Waals surface area contributed by atoms with Crippen molar-refractivity contribution in [2.24, 2.45) is 0 Å². The molecule has 0 saturated heterocycles. The van der Waals surface area contributed by atoms with Crippen molar-refractivity contribution in [3.8, 4) is 0 Å². The van der Waals surface area contributed by atoms with E-state index in [1.165, 1.54) is 43.9 Å². The molecule has 1 unspecified atom stereocenters. The minimum Gasteiger partial charge on any atom is -0.398 e. The summed E-state index contributed by atoms with van der Waals surface area (Å²) in [5, 5.41) is 0. The van der Waals surface area contributed by atoms with Crippen LogP contribution in [0.3, 0.4) is 0 Å². The molecule has 0 saturated carbocycles. The number of hydrogen-bond acceptors (Lipinski definition) is 2. The van der Waals surface area contributed by atoms with Gasteiger partial charge in [-0.15, -0.1) is 0 Å². The fraction of sp³-hybridized carbons (Fsp3) is 0.571. The fourth-order valence-corrected chi connectivity index (χ4v) is 3.08. The molecule has 0 radical (unpaired) electrons. The Kier molecular flexibility index (Phi) is 6.94. The molecular weight excluding hydrogens is 249 g/mol. The lowest BCUT2D eigenvalue weighted by Crippen LogP contribution is -2.02. The van der Waals surface area contributed by atoms with E-state index in [-0.39, 0.29) is 5.82 Å². The van der Waals surface area contributed by atoms with Gasteiger partial charge >= 0.3 is 0 Å². The molecule has 2 N–H and O–H groups in total. The molecule has 0 fully saturated rings. The lowest BCUT2D eigenvalue weighted by Gasteiger charge is -2.06. The molecule has 1 atom stereocenters. The fourth-order valence-electron chi connectivity index (χ4n) is 1.85. The largest absolute Gasteiger partial charge is 0.398 e. The summed E-state index contributed by atoms with van der Waals surface area (Å²) in [6.07, 6.45) is 7.00. The van der Waals surface area contributed by atoms with E-state index in [2.05, 4.69) is 6.92 Å². The van der Waals surface area contributed by atoms with Crippen LogP contribution >= 0.6 is 0 Å². The van der Waals surface area contributed by atoms with Crippen molar-refractivity contribution in [3.63, 3.8) is 0 Å². The highest BCUT2D eigenvalue weighted by atomic mass is 32.2. The standard InChI is InChI=1S/C14H22FNOS/c1-2-3-4-5-6-7-10-18(17)14-9-8-12(15)11-13(14)16/h8-9,11H,2-7,10,16H2,1H3. The second-order valence-corrected chi connectivity index (χ2v) is 6.04. The summed E-state index contributed by atoms with van der Waals surface area (Å²) < 4.78 is 24.8. The zero-order valence-corrected chi connectivity index (χ0v) is 11.8. The summed E-state index contributed by atoms with van der Waals surface area (Å²) in [4.78, 5) is 0.560. The maximum absolute atomic E-state index is 12.9. The van der Waals surface area contributed by atoms with E-state index >= 15 is 0 Å². The predicted octanol–water partition coefficient (Wildman–Crippen LogP) is 3.88. The Balaban J connectivity index is 2.32. The van der Waals surface area contributed by atoms with Gasteiger partial charge in [0, 0.05) is 5.75 Å². The van der Waals surface area contributed by atoms with Crippen molar-refractivity contribution in [2.75, 3.05) is 11.5 Å². The average Bonchev–Trinajstić information content (AvgIpc) is 2.33. The van der Waals surface area contributed by atoms with Gasteiger partial charge in [0.05, 0.1) is 21.4 Å². The highest BCUT2D eigenvalue weighted by Gasteiger charge is 2.08. The zero-order valence-electron chi connectivity index (χ0n) is 11.0. The lowest BCUT2D eigenvalue weighted by molar-refractivity contribution is 0.621. The summed E-state index contributed by atoms with van der Waals surface area (Å²) in [5.74, 6) is 0.231. The topological polar surface area (TPSA) is 43.1 Å². The summed E-state index contributed by atoms with van der Waals surface area (Å²) in [6, 6.07) is 4.07. The van der Waals surface area contributed by atoms with E-state index in [4.69, 9.17) is 5.73 Å². The first-order valence-corrected chi connectivity index (χ1v) is 7.90. The van der Waals surface area contributed by atoms with E-state index in [1.54, 1.807) is 0 Å². The van der Waals surface area contributed by atoms with Gasteiger partial charge in [-0.25, -0.2) is 4.39 Å². The van der Waals surface area contributed by atoms with Crippen LogP contribution in [-0.4, -0.2) is 9.96 Å². The van der Waals surface area contributed by atoms with Crippen molar-refractivity contribution >= 4 is 16.5 Å². The van der Waals surface area contributed by atoms with E-state index in [9.17, 15) is 8.60 Å².